The van der Waals surface area contributed by atoms with Crippen molar-refractivity contribution < 1.29 is 14.6 Å². The first-order chi connectivity index (χ1) is 10.1. The molecule has 5 heteroatoms. The highest BCUT2D eigenvalue weighted by Crippen LogP contribution is 2.24. The molecule has 0 aromatic heterocycles. The molecule has 1 amide bonds. The van der Waals surface area contributed by atoms with Crippen molar-refractivity contribution >= 4 is 21.8 Å². The Balaban J connectivity index is 1.86. The lowest BCUT2D eigenvalue weighted by Gasteiger charge is -2.29. The Hall–Kier alpha value is -1.07. The maximum absolute atomic E-state index is 12.0. The molecular weight excluding hydrogens is 334 g/mol. The van der Waals surface area contributed by atoms with E-state index in [-0.39, 0.29) is 25.2 Å². The van der Waals surface area contributed by atoms with Crippen LogP contribution in [-0.4, -0.2) is 23.7 Å². The first kappa shape index (κ1) is 16.3. The van der Waals surface area contributed by atoms with Gasteiger partial charge in [0.15, 0.2) is 6.61 Å². The number of hydrogen-bond donors (Lipinski definition) is 2. The Kier molecular flexibility index (Phi) is 6.06. The summed E-state index contributed by atoms with van der Waals surface area (Å²) in [5.41, 5.74) is 0.670. The normalized spacial score (nSPS) is 21.9. The number of rotatable bonds is 5. The number of halogens is 1. The molecule has 2 N–H and O–H groups in total. The van der Waals surface area contributed by atoms with Gasteiger partial charge in [-0.05, 0) is 37.0 Å². The summed E-state index contributed by atoms with van der Waals surface area (Å²) in [4.78, 5) is 12.0. The molecule has 116 valence electrons. The smallest absolute Gasteiger partial charge is 0.258 e. The van der Waals surface area contributed by atoms with Crippen LogP contribution in [0.3, 0.4) is 0 Å². The van der Waals surface area contributed by atoms with E-state index in [1.54, 1.807) is 12.1 Å². The summed E-state index contributed by atoms with van der Waals surface area (Å²) in [6, 6.07) is 5.63. The molecule has 21 heavy (non-hydrogen) atoms. The van der Waals surface area contributed by atoms with Gasteiger partial charge < -0.3 is 15.2 Å². The average Bonchev–Trinajstić information content (AvgIpc) is 2.48. The van der Waals surface area contributed by atoms with Gasteiger partial charge in [0.2, 0.25) is 0 Å². The molecule has 1 aliphatic carbocycles. The highest BCUT2D eigenvalue weighted by molar-refractivity contribution is 9.10. The second kappa shape index (κ2) is 7.80. The van der Waals surface area contributed by atoms with Gasteiger partial charge >= 0.3 is 0 Å². The molecule has 4 nitrogen and oxygen atoms in total. The minimum Gasteiger partial charge on any atom is -0.483 e. The topological polar surface area (TPSA) is 58.6 Å². The van der Waals surface area contributed by atoms with E-state index >= 15 is 0 Å². The summed E-state index contributed by atoms with van der Waals surface area (Å²) in [6.07, 6.45) is 4.65. The summed E-state index contributed by atoms with van der Waals surface area (Å²) in [5, 5.41) is 12.4. The van der Waals surface area contributed by atoms with E-state index in [0.717, 1.165) is 10.9 Å². The number of benzene rings is 1. The van der Waals surface area contributed by atoms with E-state index in [4.69, 9.17) is 4.74 Å². The first-order valence-corrected chi connectivity index (χ1v) is 8.21. The second-order valence-electron chi connectivity index (χ2n) is 5.63. The van der Waals surface area contributed by atoms with Gasteiger partial charge in [-0.15, -0.1) is 0 Å². The second-order valence-corrected chi connectivity index (χ2v) is 6.55. The lowest BCUT2D eigenvalue weighted by Crippen LogP contribution is -2.43. The summed E-state index contributed by atoms with van der Waals surface area (Å²) in [7, 11) is 0. The zero-order valence-electron chi connectivity index (χ0n) is 12.3. The molecule has 0 aliphatic heterocycles. The Morgan fingerprint density at radius 2 is 2.19 bits per heavy atom. The third kappa shape index (κ3) is 4.71. The van der Waals surface area contributed by atoms with Gasteiger partial charge in [0.25, 0.3) is 5.91 Å². The molecule has 2 rings (SSSR count). The molecule has 0 radical (unpaired) electrons. The summed E-state index contributed by atoms with van der Waals surface area (Å²) >= 11 is 3.34. The predicted octanol–water partition coefficient (Wildman–Crippen LogP) is 3.02. The van der Waals surface area contributed by atoms with E-state index < -0.39 is 0 Å². The Morgan fingerprint density at radius 1 is 1.43 bits per heavy atom. The molecule has 1 fully saturated rings. The van der Waals surface area contributed by atoms with E-state index in [1.165, 1.54) is 19.3 Å². The fraction of sp³-hybridized carbons (Fsp3) is 0.562. The van der Waals surface area contributed by atoms with Crippen LogP contribution in [0.15, 0.2) is 22.7 Å². The highest BCUT2D eigenvalue weighted by Gasteiger charge is 2.22. The zero-order valence-corrected chi connectivity index (χ0v) is 13.9. The molecule has 1 aromatic rings. The Labute approximate surface area is 134 Å². The van der Waals surface area contributed by atoms with Gasteiger partial charge in [-0.3, -0.25) is 4.79 Å². The largest absolute Gasteiger partial charge is 0.483 e. The van der Waals surface area contributed by atoms with Crippen LogP contribution < -0.4 is 10.1 Å². The van der Waals surface area contributed by atoms with Crippen LogP contribution in [0.1, 0.15) is 38.2 Å². The summed E-state index contributed by atoms with van der Waals surface area (Å²) < 4.78 is 6.40. The molecule has 0 bridgehead atoms. The zero-order chi connectivity index (χ0) is 15.2. The minimum atomic E-state index is -0.115. The van der Waals surface area contributed by atoms with Crippen molar-refractivity contribution in [1.29, 1.82) is 0 Å². The van der Waals surface area contributed by atoms with Gasteiger partial charge in [-0.2, -0.15) is 0 Å². The number of carbonyl (C=O) groups excluding carboxylic acids is 1. The van der Waals surface area contributed by atoms with E-state index in [2.05, 4.69) is 28.2 Å². The lowest BCUT2D eigenvalue weighted by atomic mass is 9.86. The van der Waals surface area contributed by atoms with E-state index in [0.29, 0.717) is 17.2 Å². The van der Waals surface area contributed by atoms with Crippen molar-refractivity contribution in [2.75, 3.05) is 6.61 Å². The molecule has 0 spiro atoms. The Morgan fingerprint density at radius 3 is 2.90 bits per heavy atom. The predicted molar refractivity (Wildman–Crippen MR) is 85.1 cm³/mol. The number of hydrogen-bond acceptors (Lipinski definition) is 3. The molecule has 0 saturated heterocycles. The SMILES string of the molecule is C[C@@H]1CCCC[C@H]1NC(=O)COc1ccc(Br)cc1CO. The number of aliphatic hydroxyl groups is 1. The summed E-state index contributed by atoms with van der Waals surface area (Å²) in [6.45, 7) is 2.05. The summed E-state index contributed by atoms with van der Waals surface area (Å²) in [5.74, 6) is 0.983. The van der Waals surface area contributed by atoms with Crippen LogP contribution in [0.4, 0.5) is 0 Å². The van der Waals surface area contributed by atoms with Gasteiger partial charge in [0.05, 0.1) is 6.61 Å². The third-order valence-electron chi connectivity index (χ3n) is 4.01. The monoisotopic (exact) mass is 355 g/mol. The molecular formula is C16H22BrNO3. The standard InChI is InChI=1S/C16H22BrNO3/c1-11-4-2-3-5-14(11)18-16(20)10-21-15-7-6-13(17)8-12(15)9-19/h6-8,11,14,19H,2-5,9-10H2,1H3,(H,18,20)/t11-,14-/m1/s1. The number of aliphatic hydroxyl groups excluding tert-OH is 1. The highest BCUT2D eigenvalue weighted by atomic mass is 79.9. The van der Waals surface area contributed by atoms with Crippen LogP contribution in [0.5, 0.6) is 5.75 Å². The number of ether oxygens (including phenoxy) is 1. The molecule has 0 unspecified atom stereocenters. The lowest BCUT2D eigenvalue weighted by molar-refractivity contribution is -0.124. The minimum absolute atomic E-state index is 0.0160. The van der Waals surface area contributed by atoms with Gasteiger partial charge in [-0.25, -0.2) is 0 Å². The molecule has 2 atom stereocenters. The van der Waals surface area contributed by atoms with Crippen molar-refractivity contribution in [3.63, 3.8) is 0 Å². The van der Waals surface area contributed by atoms with Crippen molar-refractivity contribution in [2.45, 2.75) is 45.3 Å². The third-order valence-corrected chi connectivity index (χ3v) is 4.50. The molecule has 0 heterocycles. The maximum atomic E-state index is 12.0. The van der Waals surface area contributed by atoms with Crippen molar-refractivity contribution in [3.8, 4) is 5.75 Å². The fourth-order valence-corrected chi connectivity index (χ4v) is 3.14. The number of amides is 1. The molecule has 1 saturated carbocycles. The van der Waals surface area contributed by atoms with E-state index in [9.17, 15) is 9.90 Å². The molecule has 1 aromatic carbocycles. The number of nitrogens with one attached hydrogen (secondary N) is 1. The van der Waals surface area contributed by atoms with Gasteiger partial charge in [0, 0.05) is 16.1 Å². The van der Waals surface area contributed by atoms with Crippen molar-refractivity contribution in [1.82, 2.24) is 5.32 Å². The average molecular weight is 356 g/mol. The van der Waals surface area contributed by atoms with Crippen LogP contribution in [0, 0.1) is 5.92 Å². The molecule has 1 aliphatic rings. The first-order valence-electron chi connectivity index (χ1n) is 7.41. The number of carbonyl (C=O) groups is 1. The van der Waals surface area contributed by atoms with Crippen LogP contribution in [-0.2, 0) is 11.4 Å². The van der Waals surface area contributed by atoms with Crippen LogP contribution in [0.2, 0.25) is 0 Å². The van der Waals surface area contributed by atoms with E-state index in [1.807, 2.05) is 6.07 Å². The fourth-order valence-electron chi connectivity index (χ4n) is 2.73. The Bertz CT molecular complexity index is 492. The van der Waals surface area contributed by atoms with Crippen LogP contribution in [0.25, 0.3) is 0 Å². The maximum Gasteiger partial charge on any atom is 0.258 e. The van der Waals surface area contributed by atoms with Crippen LogP contribution >= 0.6 is 15.9 Å². The van der Waals surface area contributed by atoms with Crippen molar-refractivity contribution in [3.05, 3.63) is 28.2 Å². The quantitative estimate of drug-likeness (QED) is 0.853. The van der Waals surface area contributed by atoms with Crippen molar-refractivity contribution in [2.24, 2.45) is 5.92 Å². The van der Waals surface area contributed by atoms with Gasteiger partial charge in [-0.1, -0.05) is 35.7 Å². The van der Waals surface area contributed by atoms with Gasteiger partial charge in [0.1, 0.15) is 5.75 Å².